The molecule has 3 heteroatoms. The highest BCUT2D eigenvalue weighted by molar-refractivity contribution is 5.91. The van der Waals surface area contributed by atoms with Gasteiger partial charge in [-0.05, 0) is 31.0 Å². The summed E-state index contributed by atoms with van der Waals surface area (Å²) in [4.78, 5) is 11.4. The Bertz CT molecular complexity index is 331. The number of aliphatic hydroxyl groups excluding tert-OH is 1. The van der Waals surface area contributed by atoms with Gasteiger partial charge < -0.3 is 9.84 Å². The predicted molar refractivity (Wildman–Crippen MR) is 53.1 cm³/mol. The minimum Gasteiger partial charge on any atom is -0.462 e. The summed E-state index contributed by atoms with van der Waals surface area (Å²) in [5.41, 5.74) is 2.00. The van der Waals surface area contributed by atoms with Crippen molar-refractivity contribution in [3.8, 4) is 0 Å². The van der Waals surface area contributed by atoms with E-state index in [1.807, 2.05) is 13.0 Å². The van der Waals surface area contributed by atoms with E-state index in [-0.39, 0.29) is 12.6 Å². The molecule has 0 saturated carbocycles. The van der Waals surface area contributed by atoms with Crippen LogP contribution in [0.3, 0.4) is 0 Å². The smallest absolute Gasteiger partial charge is 0.338 e. The molecule has 0 saturated heterocycles. The third kappa shape index (κ3) is 2.12. The standard InChI is InChI=1S/C11H14O3/c1-3-14-11(13)9-6-4-5-8(2)10(9)7-12/h4-6,12H,3,7H2,1-2H3. The number of ether oxygens (including phenoxy) is 1. The van der Waals surface area contributed by atoms with E-state index in [1.54, 1.807) is 19.1 Å². The maximum absolute atomic E-state index is 11.4. The Kier molecular flexibility index (Phi) is 3.65. The van der Waals surface area contributed by atoms with Crippen LogP contribution in [0.5, 0.6) is 0 Å². The van der Waals surface area contributed by atoms with Gasteiger partial charge in [-0.2, -0.15) is 0 Å². The molecule has 0 atom stereocenters. The van der Waals surface area contributed by atoms with Crippen LogP contribution in [0.15, 0.2) is 18.2 Å². The first kappa shape index (κ1) is 10.7. The van der Waals surface area contributed by atoms with E-state index in [0.717, 1.165) is 5.56 Å². The van der Waals surface area contributed by atoms with Crippen molar-refractivity contribution in [2.45, 2.75) is 20.5 Å². The van der Waals surface area contributed by atoms with Gasteiger partial charge in [0.05, 0.1) is 18.8 Å². The van der Waals surface area contributed by atoms with Gasteiger partial charge in [0.1, 0.15) is 0 Å². The molecule has 0 bridgehead atoms. The zero-order chi connectivity index (χ0) is 10.6. The number of aliphatic hydroxyl groups is 1. The summed E-state index contributed by atoms with van der Waals surface area (Å²) in [7, 11) is 0. The second kappa shape index (κ2) is 4.77. The molecule has 76 valence electrons. The summed E-state index contributed by atoms with van der Waals surface area (Å²) >= 11 is 0. The molecule has 14 heavy (non-hydrogen) atoms. The number of rotatable bonds is 3. The average molecular weight is 194 g/mol. The van der Waals surface area contributed by atoms with Crippen LogP contribution in [0.4, 0.5) is 0 Å². The lowest BCUT2D eigenvalue weighted by molar-refractivity contribution is 0.0522. The zero-order valence-electron chi connectivity index (χ0n) is 8.41. The van der Waals surface area contributed by atoms with Crippen molar-refractivity contribution in [2.75, 3.05) is 6.61 Å². The van der Waals surface area contributed by atoms with Crippen LogP contribution in [0.2, 0.25) is 0 Å². The number of carbonyl (C=O) groups excluding carboxylic acids is 1. The Balaban J connectivity index is 3.07. The molecule has 0 heterocycles. The van der Waals surface area contributed by atoms with Gasteiger partial charge in [-0.25, -0.2) is 4.79 Å². The zero-order valence-corrected chi connectivity index (χ0v) is 8.41. The number of carbonyl (C=O) groups is 1. The molecule has 3 nitrogen and oxygen atoms in total. The Hall–Kier alpha value is -1.35. The molecule has 1 N–H and O–H groups in total. The minimum absolute atomic E-state index is 0.138. The van der Waals surface area contributed by atoms with Crippen LogP contribution < -0.4 is 0 Å². The fourth-order valence-corrected chi connectivity index (χ4v) is 1.31. The lowest BCUT2D eigenvalue weighted by atomic mass is 10.0. The normalized spacial score (nSPS) is 9.93. The van der Waals surface area contributed by atoms with Crippen molar-refractivity contribution in [3.05, 3.63) is 34.9 Å². The SMILES string of the molecule is CCOC(=O)c1cccc(C)c1CO. The summed E-state index contributed by atoms with van der Waals surface area (Å²) in [6.07, 6.45) is 0. The second-order valence-corrected chi connectivity index (χ2v) is 2.98. The molecular weight excluding hydrogens is 180 g/mol. The lowest BCUT2D eigenvalue weighted by Gasteiger charge is -2.08. The van der Waals surface area contributed by atoms with E-state index in [2.05, 4.69) is 0 Å². The Morgan fingerprint density at radius 3 is 2.79 bits per heavy atom. The van der Waals surface area contributed by atoms with Gasteiger partial charge in [0, 0.05) is 0 Å². The van der Waals surface area contributed by atoms with Gasteiger partial charge >= 0.3 is 5.97 Å². The van der Waals surface area contributed by atoms with E-state index in [1.165, 1.54) is 0 Å². The van der Waals surface area contributed by atoms with Crippen LogP contribution in [0.1, 0.15) is 28.4 Å². The number of benzene rings is 1. The van der Waals surface area contributed by atoms with E-state index >= 15 is 0 Å². The van der Waals surface area contributed by atoms with Gasteiger partial charge in [0.25, 0.3) is 0 Å². The predicted octanol–water partition coefficient (Wildman–Crippen LogP) is 1.66. The fraction of sp³-hybridized carbons (Fsp3) is 0.364. The van der Waals surface area contributed by atoms with Crippen molar-refractivity contribution < 1.29 is 14.6 Å². The van der Waals surface area contributed by atoms with Gasteiger partial charge in [-0.3, -0.25) is 0 Å². The summed E-state index contributed by atoms with van der Waals surface area (Å²) in [6.45, 7) is 3.82. The molecular formula is C11H14O3. The van der Waals surface area contributed by atoms with Gasteiger partial charge in [0.15, 0.2) is 0 Å². The van der Waals surface area contributed by atoms with Gasteiger partial charge in [-0.1, -0.05) is 12.1 Å². The highest BCUT2D eigenvalue weighted by atomic mass is 16.5. The maximum atomic E-state index is 11.4. The second-order valence-electron chi connectivity index (χ2n) is 2.98. The molecule has 0 fully saturated rings. The highest BCUT2D eigenvalue weighted by Crippen LogP contribution is 2.15. The molecule has 0 amide bonds. The Morgan fingerprint density at radius 1 is 1.50 bits per heavy atom. The molecule has 0 unspecified atom stereocenters. The van der Waals surface area contributed by atoms with E-state index in [0.29, 0.717) is 17.7 Å². The maximum Gasteiger partial charge on any atom is 0.338 e. The average Bonchev–Trinajstić information content (AvgIpc) is 2.17. The van der Waals surface area contributed by atoms with E-state index in [4.69, 9.17) is 9.84 Å². The monoisotopic (exact) mass is 194 g/mol. The van der Waals surface area contributed by atoms with Crippen molar-refractivity contribution in [1.29, 1.82) is 0 Å². The fourth-order valence-electron chi connectivity index (χ4n) is 1.31. The number of hydrogen-bond donors (Lipinski definition) is 1. The third-order valence-electron chi connectivity index (χ3n) is 2.06. The molecule has 0 aliphatic carbocycles. The molecule has 1 aromatic rings. The van der Waals surface area contributed by atoms with Crippen LogP contribution >= 0.6 is 0 Å². The molecule has 1 aromatic carbocycles. The number of aryl methyl sites for hydroxylation is 1. The first-order valence-electron chi connectivity index (χ1n) is 4.57. The van der Waals surface area contributed by atoms with Crippen molar-refractivity contribution in [2.24, 2.45) is 0 Å². The van der Waals surface area contributed by atoms with Crippen molar-refractivity contribution in [1.82, 2.24) is 0 Å². The number of hydrogen-bond acceptors (Lipinski definition) is 3. The van der Waals surface area contributed by atoms with E-state index < -0.39 is 0 Å². The van der Waals surface area contributed by atoms with Gasteiger partial charge in [0.2, 0.25) is 0 Å². The molecule has 0 aromatic heterocycles. The molecule has 0 aliphatic rings. The van der Waals surface area contributed by atoms with Crippen LogP contribution in [0.25, 0.3) is 0 Å². The summed E-state index contributed by atoms with van der Waals surface area (Å²) < 4.78 is 4.88. The molecule has 0 aliphatic heterocycles. The quantitative estimate of drug-likeness (QED) is 0.744. The molecule has 0 radical (unpaired) electrons. The highest BCUT2D eigenvalue weighted by Gasteiger charge is 2.12. The lowest BCUT2D eigenvalue weighted by Crippen LogP contribution is -2.09. The van der Waals surface area contributed by atoms with Crippen LogP contribution in [-0.4, -0.2) is 17.7 Å². The van der Waals surface area contributed by atoms with Crippen LogP contribution in [-0.2, 0) is 11.3 Å². The molecule has 1 rings (SSSR count). The van der Waals surface area contributed by atoms with Crippen molar-refractivity contribution in [3.63, 3.8) is 0 Å². The Morgan fingerprint density at radius 2 is 2.21 bits per heavy atom. The summed E-state index contributed by atoms with van der Waals surface area (Å²) in [5, 5.41) is 9.11. The Labute approximate surface area is 83.3 Å². The molecule has 0 spiro atoms. The number of esters is 1. The third-order valence-corrected chi connectivity index (χ3v) is 2.06. The van der Waals surface area contributed by atoms with Crippen molar-refractivity contribution >= 4 is 5.97 Å². The minimum atomic E-state index is -0.375. The topological polar surface area (TPSA) is 46.5 Å². The van der Waals surface area contributed by atoms with Gasteiger partial charge in [-0.15, -0.1) is 0 Å². The largest absolute Gasteiger partial charge is 0.462 e. The first-order chi connectivity index (χ1) is 6.70. The first-order valence-corrected chi connectivity index (χ1v) is 4.57. The van der Waals surface area contributed by atoms with E-state index in [9.17, 15) is 4.79 Å². The summed E-state index contributed by atoms with van der Waals surface area (Å²) in [5.74, 6) is -0.375. The summed E-state index contributed by atoms with van der Waals surface area (Å²) in [6, 6.07) is 5.30. The van der Waals surface area contributed by atoms with Crippen LogP contribution in [0, 0.1) is 6.92 Å².